The molecule has 2 aromatic heterocycles. The molecule has 0 amide bonds. The molecule has 0 saturated carbocycles. The van der Waals surface area contributed by atoms with Crippen molar-refractivity contribution in [1.82, 2.24) is 24.4 Å². The van der Waals surface area contributed by atoms with Gasteiger partial charge < -0.3 is 19.1 Å². The Kier molecular flexibility index (Phi) is 7.74. The molecule has 1 atom stereocenters. The topological polar surface area (TPSA) is 103 Å². The van der Waals surface area contributed by atoms with Crippen molar-refractivity contribution in [2.75, 3.05) is 26.3 Å². The molecule has 0 spiro atoms. The Morgan fingerprint density at radius 3 is 2.88 bits per heavy atom. The number of piperidine rings is 1. The molecule has 1 aliphatic rings. The van der Waals surface area contributed by atoms with Crippen molar-refractivity contribution in [1.29, 1.82) is 0 Å². The first kappa shape index (κ1) is 23.7. The third kappa shape index (κ3) is 6.11. The molecule has 1 aliphatic heterocycles. The lowest BCUT2D eigenvalue weighted by atomic mass is 9.93. The van der Waals surface area contributed by atoms with Crippen LogP contribution in [0.2, 0.25) is 0 Å². The zero-order chi connectivity index (χ0) is 23.9. The number of rotatable bonds is 10. The minimum absolute atomic E-state index is 0.391. The van der Waals surface area contributed by atoms with Crippen LogP contribution in [0.5, 0.6) is 11.5 Å². The molecule has 1 saturated heterocycles. The molecule has 4 rings (SSSR count). The lowest BCUT2D eigenvalue weighted by Crippen LogP contribution is -2.35. The SMILES string of the molecule is CCOc1cc(CN2CCC[C@@H](Cc3cncc(-c4nccn4C)n3)C2)ccc1OCC(=O)O. The van der Waals surface area contributed by atoms with E-state index in [-0.39, 0.29) is 0 Å². The molecule has 0 bridgehead atoms. The largest absolute Gasteiger partial charge is 0.490 e. The standard InChI is InChI=1S/C25H31N5O4/c1-3-33-23-12-19(6-7-22(23)34-17-24(31)32)16-30-9-4-5-18(15-30)11-20-13-26-14-21(28-20)25-27-8-10-29(25)2/h6-8,10,12-14,18H,3-5,9,11,15-17H2,1-2H3,(H,31,32)/t18-/m0/s1. The number of hydrogen-bond donors (Lipinski definition) is 1. The summed E-state index contributed by atoms with van der Waals surface area (Å²) in [7, 11) is 1.96. The molecule has 0 radical (unpaired) electrons. The summed E-state index contributed by atoms with van der Waals surface area (Å²) in [5.74, 6) is 1.35. The van der Waals surface area contributed by atoms with Gasteiger partial charge in [0.05, 0.1) is 18.5 Å². The average molecular weight is 466 g/mol. The molecule has 180 valence electrons. The zero-order valence-corrected chi connectivity index (χ0v) is 19.7. The van der Waals surface area contributed by atoms with Crippen molar-refractivity contribution in [3.63, 3.8) is 0 Å². The first-order chi connectivity index (χ1) is 16.5. The van der Waals surface area contributed by atoms with E-state index in [1.54, 1.807) is 18.5 Å². The molecule has 9 nitrogen and oxygen atoms in total. The number of benzene rings is 1. The highest BCUT2D eigenvalue weighted by molar-refractivity contribution is 5.68. The summed E-state index contributed by atoms with van der Waals surface area (Å²) < 4.78 is 13.0. The maximum absolute atomic E-state index is 10.8. The quantitative estimate of drug-likeness (QED) is 0.487. The number of hydrogen-bond acceptors (Lipinski definition) is 7. The highest BCUT2D eigenvalue weighted by atomic mass is 16.5. The van der Waals surface area contributed by atoms with E-state index in [9.17, 15) is 4.79 Å². The number of likely N-dealkylation sites (tertiary alicyclic amines) is 1. The molecule has 3 aromatic rings. The number of aromatic nitrogens is 4. The molecule has 1 fully saturated rings. The zero-order valence-electron chi connectivity index (χ0n) is 19.7. The van der Waals surface area contributed by atoms with Gasteiger partial charge in [-0.2, -0.15) is 0 Å². The molecule has 1 N–H and O–H groups in total. The van der Waals surface area contributed by atoms with Crippen LogP contribution in [-0.2, 0) is 24.8 Å². The van der Waals surface area contributed by atoms with Crippen LogP contribution < -0.4 is 9.47 Å². The highest BCUT2D eigenvalue weighted by Crippen LogP contribution is 2.30. The van der Waals surface area contributed by atoms with Gasteiger partial charge in [0.2, 0.25) is 0 Å². The number of ether oxygens (including phenoxy) is 2. The summed E-state index contributed by atoms with van der Waals surface area (Å²) in [4.78, 5) is 26.9. The van der Waals surface area contributed by atoms with Gasteiger partial charge in [-0.15, -0.1) is 0 Å². The van der Waals surface area contributed by atoms with Crippen molar-refractivity contribution in [2.45, 2.75) is 32.7 Å². The molecule has 34 heavy (non-hydrogen) atoms. The van der Waals surface area contributed by atoms with E-state index in [1.807, 2.05) is 43.1 Å². The maximum Gasteiger partial charge on any atom is 0.341 e. The Morgan fingerprint density at radius 2 is 2.12 bits per heavy atom. The Labute approximate surface area is 199 Å². The van der Waals surface area contributed by atoms with Gasteiger partial charge in [-0.05, 0) is 56.3 Å². The summed E-state index contributed by atoms with van der Waals surface area (Å²) in [6, 6.07) is 5.72. The molecule has 3 heterocycles. The lowest BCUT2D eigenvalue weighted by molar-refractivity contribution is -0.139. The molecule has 1 aromatic carbocycles. The number of carboxylic acids is 1. The van der Waals surface area contributed by atoms with Crippen LogP contribution in [0.4, 0.5) is 0 Å². The molecular weight excluding hydrogens is 434 g/mol. The summed E-state index contributed by atoms with van der Waals surface area (Å²) in [6.45, 7) is 4.81. The van der Waals surface area contributed by atoms with Crippen LogP contribution in [0, 0.1) is 5.92 Å². The predicted octanol–water partition coefficient (Wildman–Crippen LogP) is 3.19. The molecular formula is C25H31N5O4. The fourth-order valence-electron chi connectivity index (χ4n) is 4.42. The van der Waals surface area contributed by atoms with Gasteiger partial charge in [-0.1, -0.05) is 6.07 Å². The fourth-order valence-corrected chi connectivity index (χ4v) is 4.42. The average Bonchev–Trinajstić information content (AvgIpc) is 3.25. The van der Waals surface area contributed by atoms with E-state index in [0.717, 1.165) is 61.7 Å². The monoisotopic (exact) mass is 465 g/mol. The van der Waals surface area contributed by atoms with Crippen LogP contribution in [0.3, 0.4) is 0 Å². The second-order valence-corrected chi connectivity index (χ2v) is 8.60. The Morgan fingerprint density at radius 1 is 1.24 bits per heavy atom. The summed E-state index contributed by atoms with van der Waals surface area (Å²) in [5.41, 5.74) is 2.90. The minimum Gasteiger partial charge on any atom is -0.490 e. The second kappa shape index (κ2) is 11.1. The third-order valence-electron chi connectivity index (χ3n) is 5.90. The highest BCUT2D eigenvalue weighted by Gasteiger charge is 2.22. The van der Waals surface area contributed by atoms with E-state index >= 15 is 0 Å². The van der Waals surface area contributed by atoms with Crippen LogP contribution in [0.25, 0.3) is 11.5 Å². The van der Waals surface area contributed by atoms with Gasteiger partial charge in [0, 0.05) is 38.7 Å². The van der Waals surface area contributed by atoms with E-state index in [1.165, 1.54) is 0 Å². The van der Waals surface area contributed by atoms with Crippen molar-refractivity contribution < 1.29 is 19.4 Å². The van der Waals surface area contributed by atoms with Gasteiger partial charge in [0.15, 0.2) is 23.9 Å². The van der Waals surface area contributed by atoms with Gasteiger partial charge in [0.25, 0.3) is 0 Å². The van der Waals surface area contributed by atoms with Crippen molar-refractivity contribution >= 4 is 5.97 Å². The first-order valence-corrected chi connectivity index (χ1v) is 11.6. The number of carbonyl (C=O) groups is 1. The number of aryl methyl sites for hydroxylation is 1. The summed E-state index contributed by atoms with van der Waals surface area (Å²) in [5, 5.41) is 8.89. The molecule has 9 heteroatoms. The number of carboxylic acid groups (broad SMARTS) is 1. The molecule has 0 aliphatic carbocycles. The molecule has 0 unspecified atom stereocenters. The summed E-state index contributed by atoms with van der Waals surface area (Å²) >= 11 is 0. The van der Waals surface area contributed by atoms with Crippen LogP contribution in [0.1, 0.15) is 31.0 Å². The van der Waals surface area contributed by atoms with Gasteiger partial charge in [0.1, 0.15) is 5.69 Å². The maximum atomic E-state index is 10.8. The van der Waals surface area contributed by atoms with Gasteiger partial charge in [-0.3, -0.25) is 9.88 Å². The van der Waals surface area contributed by atoms with Crippen LogP contribution in [-0.4, -0.2) is 61.8 Å². The minimum atomic E-state index is -1.01. The Hall–Kier alpha value is -3.46. The third-order valence-corrected chi connectivity index (χ3v) is 5.90. The lowest BCUT2D eigenvalue weighted by Gasteiger charge is -2.32. The van der Waals surface area contributed by atoms with Crippen molar-refractivity contribution in [3.05, 3.63) is 54.2 Å². The van der Waals surface area contributed by atoms with Crippen molar-refractivity contribution in [2.24, 2.45) is 13.0 Å². The Balaban J connectivity index is 1.39. The van der Waals surface area contributed by atoms with E-state index in [0.29, 0.717) is 24.0 Å². The number of aliphatic carboxylic acids is 1. The first-order valence-electron chi connectivity index (χ1n) is 11.6. The number of nitrogens with zero attached hydrogens (tertiary/aromatic N) is 5. The fraction of sp³-hybridized carbons (Fsp3) is 0.440. The summed E-state index contributed by atoms with van der Waals surface area (Å²) in [6.07, 6.45) is 10.5. The van der Waals surface area contributed by atoms with Crippen LogP contribution in [0.15, 0.2) is 43.0 Å². The predicted molar refractivity (Wildman–Crippen MR) is 127 cm³/mol. The van der Waals surface area contributed by atoms with E-state index in [2.05, 4.69) is 14.9 Å². The van der Waals surface area contributed by atoms with Crippen LogP contribution >= 0.6 is 0 Å². The van der Waals surface area contributed by atoms with Gasteiger partial charge in [-0.25, -0.2) is 14.8 Å². The smallest absolute Gasteiger partial charge is 0.341 e. The van der Waals surface area contributed by atoms with Crippen molar-refractivity contribution in [3.8, 4) is 23.0 Å². The second-order valence-electron chi connectivity index (χ2n) is 8.60. The van der Waals surface area contributed by atoms with E-state index in [4.69, 9.17) is 19.6 Å². The number of imidazole rings is 1. The Bertz CT molecular complexity index is 1120. The van der Waals surface area contributed by atoms with E-state index < -0.39 is 12.6 Å². The van der Waals surface area contributed by atoms with Gasteiger partial charge >= 0.3 is 5.97 Å². The normalized spacial score (nSPS) is 16.4.